The van der Waals surface area contributed by atoms with Crippen LogP contribution in [0.4, 0.5) is 0 Å². The molecular formula is C14H21ClN2O4. The molecule has 0 aromatic heterocycles. The number of ether oxygens (including phenoxy) is 3. The number of nitrogens with one attached hydrogen (secondary N) is 1. The van der Waals surface area contributed by atoms with Crippen LogP contribution in [0.2, 0.25) is 0 Å². The van der Waals surface area contributed by atoms with E-state index in [9.17, 15) is 4.79 Å². The molecule has 0 saturated heterocycles. The van der Waals surface area contributed by atoms with Gasteiger partial charge in [0, 0.05) is 27.2 Å². The van der Waals surface area contributed by atoms with E-state index in [0.29, 0.717) is 26.2 Å². The molecule has 0 radical (unpaired) electrons. The molecule has 1 aliphatic heterocycles. The lowest BCUT2D eigenvalue weighted by Gasteiger charge is -2.17. The van der Waals surface area contributed by atoms with Gasteiger partial charge in [-0.2, -0.15) is 0 Å². The Kier molecular flexibility index (Phi) is 7.28. The highest BCUT2D eigenvalue weighted by Gasteiger charge is 2.15. The number of nitrogens with zero attached hydrogens (tertiary/aromatic N) is 1. The molecule has 0 fully saturated rings. The second-order valence-corrected chi connectivity index (χ2v) is 4.61. The van der Waals surface area contributed by atoms with Crippen molar-refractivity contribution in [2.75, 3.05) is 40.6 Å². The van der Waals surface area contributed by atoms with Crippen molar-refractivity contribution >= 4 is 18.3 Å². The largest absolute Gasteiger partial charge is 0.454 e. The van der Waals surface area contributed by atoms with Gasteiger partial charge in [-0.05, 0) is 17.7 Å². The first-order valence-corrected chi connectivity index (χ1v) is 6.53. The molecule has 0 aliphatic carbocycles. The van der Waals surface area contributed by atoms with Crippen LogP contribution in [0, 0.1) is 0 Å². The Labute approximate surface area is 130 Å². The average molecular weight is 317 g/mol. The Bertz CT molecular complexity index is 470. The minimum absolute atomic E-state index is 0. The summed E-state index contributed by atoms with van der Waals surface area (Å²) in [4.78, 5) is 13.6. The number of carbonyl (C=O) groups excluding carboxylic acids is 1. The van der Waals surface area contributed by atoms with Crippen LogP contribution in [0.1, 0.15) is 5.56 Å². The van der Waals surface area contributed by atoms with Crippen molar-refractivity contribution in [3.05, 3.63) is 23.8 Å². The van der Waals surface area contributed by atoms with Crippen LogP contribution in [0.5, 0.6) is 11.5 Å². The second kappa shape index (κ2) is 8.71. The Morgan fingerprint density at radius 2 is 2.14 bits per heavy atom. The topological polar surface area (TPSA) is 60.0 Å². The van der Waals surface area contributed by atoms with E-state index in [4.69, 9.17) is 14.2 Å². The lowest BCUT2D eigenvalue weighted by Crippen LogP contribution is -2.36. The lowest BCUT2D eigenvalue weighted by atomic mass is 10.2. The van der Waals surface area contributed by atoms with Gasteiger partial charge < -0.3 is 24.4 Å². The first kappa shape index (κ1) is 17.6. The predicted molar refractivity (Wildman–Crippen MR) is 81.0 cm³/mol. The molecule has 0 bridgehead atoms. The van der Waals surface area contributed by atoms with Gasteiger partial charge in [0.15, 0.2) is 11.5 Å². The van der Waals surface area contributed by atoms with Crippen LogP contribution in [-0.4, -0.2) is 51.5 Å². The fraction of sp³-hybridized carbons (Fsp3) is 0.500. The molecule has 1 N–H and O–H groups in total. The normalized spacial score (nSPS) is 11.9. The molecule has 1 aromatic rings. The maximum atomic E-state index is 11.9. The van der Waals surface area contributed by atoms with E-state index in [1.54, 1.807) is 19.1 Å². The van der Waals surface area contributed by atoms with Crippen molar-refractivity contribution in [2.24, 2.45) is 0 Å². The van der Waals surface area contributed by atoms with Crippen LogP contribution < -0.4 is 14.8 Å². The SMILES string of the molecule is COCCNCC(=O)N(C)Cc1ccc2c(c1)OCO2.Cl. The lowest BCUT2D eigenvalue weighted by molar-refractivity contribution is -0.129. The number of fused-ring (bicyclic) bond motifs is 1. The van der Waals surface area contributed by atoms with Crippen LogP contribution in [-0.2, 0) is 16.1 Å². The summed E-state index contributed by atoms with van der Waals surface area (Å²) in [6, 6.07) is 5.72. The van der Waals surface area contributed by atoms with E-state index in [1.807, 2.05) is 18.2 Å². The third-order valence-electron chi connectivity index (χ3n) is 3.04. The molecule has 7 heteroatoms. The first-order valence-electron chi connectivity index (χ1n) is 6.53. The van der Waals surface area contributed by atoms with E-state index in [-0.39, 0.29) is 25.1 Å². The average Bonchev–Trinajstić information content (AvgIpc) is 2.90. The van der Waals surface area contributed by atoms with Crippen LogP contribution >= 0.6 is 12.4 Å². The molecular weight excluding hydrogens is 296 g/mol. The third-order valence-corrected chi connectivity index (χ3v) is 3.04. The van der Waals surface area contributed by atoms with Crippen molar-refractivity contribution in [1.82, 2.24) is 10.2 Å². The summed E-state index contributed by atoms with van der Waals surface area (Å²) in [7, 11) is 3.42. The van der Waals surface area contributed by atoms with Gasteiger partial charge in [0.1, 0.15) is 0 Å². The maximum absolute atomic E-state index is 11.9. The summed E-state index contributed by atoms with van der Waals surface area (Å²) in [5.74, 6) is 1.53. The molecule has 1 aliphatic rings. The van der Waals surface area contributed by atoms with Gasteiger partial charge in [0.2, 0.25) is 12.7 Å². The number of hydrogen-bond donors (Lipinski definition) is 1. The van der Waals surface area contributed by atoms with Gasteiger partial charge in [-0.3, -0.25) is 4.79 Å². The number of carbonyl (C=O) groups is 1. The van der Waals surface area contributed by atoms with Crippen molar-refractivity contribution < 1.29 is 19.0 Å². The van der Waals surface area contributed by atoms with E-state index >= 15 is 0 Å². The summed E-state index contributed by atoms with van der Waals surface area (Å²) in [6.45, 7) is 2.38. The minimum atomic E-state index is 0. The quantitative estimate of drug-likeness (QED) is 0.761. The smallest absolute Gasteiger partial charge is 0.236 e. The highest BCUT2D eigenvalue weighted by molar-refractivity contribution is 5.85. The van der Waals surface area contributed by atoms with Gasteiger partial charge in [0.05, 0.1) is 13.2 Å². The van der Waals surface area contributed by atoms with Crippen molar-refractivity contribution in [1.29, 1.82) is 0 Å². The summed E-state index contributed by atoms with van der Waals surface area (Å²) < 4.78 is 15.5. The monoisotopic (exact) mass is 316 g/mol. The third kappa shape index (κ3) is 5.08. The molecule has 0 unspecified atom stereocenters. The summed E-state index contributed by atoms with van der Waals surface area (Å²) in [6.07, 6.45) is 0. The van der Waals surface area contributed by atoms with Gasteiger partial charge in [-0.25, -0.2) is 0 Å². The fourth-order valence-electron chi connectivity index (χ4n) is 1.91. The number of methoxy groups -OCH3 is 1. The molecule has 0 atom stereocenters. The van der Waals surface area contributed by atoms with Crippen molar-refractivity contribution in [2.45, 2.75) is 6.54 Å². The fourth-order valence-corrected chi connectivity index (χ4v) is 1.91. The van der Waals surface area contributed by atoms with Crippen molar-refractivity contribution in [3.63, 3.8) is 0 Å². The molecule has 6 nitrogen and oxygen atoms in total. The van der Waals surface area contributed by atoms with Gasteiger partial charge >= 0.3 is 0 Å². The summed E-state index contributed by atoms with van der Waals surface area (Å²) in [5, 5.41) is 3.03. The van der Waals surface area contributed by atoms with Crippen molar-refractivity contribution in [3.8, 4) is 11.5 Å². The number of benzene rings is 1. The number of amides is 1. The maximum Gasteiger partial charge on any atom is 0.236 e. The Morgan fingerprint density at radius 1 is 1.38 bits per heavy atom. The molecule has 0 spiro atoms. The number of halogens is 1. The van der Waals surface area contributed by atoms with E-state index in [0.717, 1.165) is 17.1 Å². The highest BCUT2D eigenvalue weighted by atomic mass is 35.5. The van der Waals surface area contributed by atoms with E-state index in [1.165, 1.54) is 0 Å². The number of rotatable bonds is 7. The van der Waals surface area contributed by atoms with E-state index < -0.39 is 0 Å². The highest BCUT2D eigenvalue weighted by Crippen LogP contribution is 2.32. The number of hydrogen-bond acceptors (Lipinski definition) is 5. The van der Waals surface area contributed by atoms with Gasteiger partial charge in [-0.1, -0.05) is 6.07 Å². The molecule has 1 aromatic carbocycles. The first-order chi connectivity index (χ1) is 9.70. The zero-order chi connectivity index (χ0) is 14.4. The zero-order valence-corrected chi connectivity index (χ0v) is 13.1. The van der Waals surface area contributed by atoms with Crippen LogP contribution in [0.25, 0.3) is 0 Å². The van der Waals surface area contributed by atoms with Gasteiger partial charge in [0.25, 0.3) is 0 Å². The Morgan fingerprint density at radius 3 is 2.90 bits per heavy atom. The number of likely N-dealkylation sites (N-methyl/N-ethyl adjacent to an activating group) is 1. The van der Waals surface area contributed by atoms with Crippen LogP contribution in [0.3, 0.4) is 0 Å². The Balaban J connectivity index is 0.00000220. The van der Waals surface area contributed by atoms with Gasteiger partial charge in [-0.15, -0.1) is 12.4 Å². The molecule has 21 heavy (non-hydrogen) atoms. The zero-order valence-electron chi connectivity index (χ0n) is 12.3. The van der Waals surface area contributed by atoms with Crippen LogP contribution in [0.15, 0.2) is 18.2 Å². The predicted octanol–water partition coefficient (Wildman–Crippen LogP) is 1.03. The molecule has 118 valence electrons. The minimum Gasteiger partial charge on any atom is -0.454 e. The second-order valence-electron chi connectivity index (χ2n) is 4.61. The standard InChI is InChI=1S/C14H20N2O4.ClH/c1-16(14(17)8-15-5-6-18-2)9-11-3-4-12-13(7-11)20-10-19-12;/h3-4,7,15H,5-6,8-10H2,1-2H3;1H. The summed E-state index contributed by atoms with van der Waals surface area (Å²) in [5.41, 5.74) is 1.02. The molecule has 2 rings (SSSR count). The molecule has 1 amide bonds. The Hall–Kier alpha value is -1.50. The van der Waals surface area contributed by atoms with E-state index in [2.05, 4.69) is 5.32 Å². The molecule has 0 saturated carbocycles. The summed E-state index contributed by atoms with van der Waals surface area (Å²) >= 11 is 0. The molecule has 1 heterocycles.